The minimum atomic E-state index is 0.667. The first-order valence-electron chi connectivity index (χ1n) is 2.15. The minimum Gasteiger partial charge on any atom is -0.130 e. The van der Waals surface area contributed by atoms with E-state index in [1.54, 1.807) is 0 Å². The Balaban J connectivity index is 2.95. The fourth-order valence-corrected chi connectivity index (χ4v) is 2.83. The van der Waals surface area contributed by atoms with Gasteiger partial charge in [-0.2, -0.15) is 0 Å². The van der Waals surface area contributed by atoms with Gasteiger partial charge in [0.2, 0.25) is 0 Å². The van der Waals surface area contributed by atoms with Gasteiger partial charge in [-0.25, -0.2) is 0 Å². The van der Waals surface area contributed by atoms with Gasteiger partial charge in [-0.3, -0.25) is 0 Å². The second kappa shape index (κ2) is 4.58. The molecular weight excluding hydrogens is 160 g/mol. The third kappa shape index (κ3) is 7.72. The molecule has 4 unspecified atom stereocenters. The smallest absolute Gasteiger partial charge is 0.0109 e. The van der Waals surface area contributed by atoms with Gasteiger partial charge in [-0.1, -0.05) is 0 Å². The maximum absolute atomic E-state index is 2.74. The van der Waals surface area contributed by atoms with Gasteiger partial charge in [-0.05, 0) is 17.2 Å². The Morgan fingerprint density at radius 1 is 0.857 bits per heavy atom. The Labute approximate surface area is 54.8 Å². The Morgan fingerprint density at radius 3 is 1.14 bits per heavy atom. The highest BCUT2D eigenvalue weighted by Gasteiger charge is 1.96. The molecule has 0 fully saturated rings. The number of rotatable bonds is 2. The Kier molecular flexibility index (Phi) is 5.71. The van der Waals surface area contributed by atoms with Crippen LogP contribution in [0.3, 0.4) is 0 Å². The normalized spacial score (nSPS) is 11.1. The molecule has 0 rings (SSSR count). The molecule has 0 aromatic rings. The highest BCUT2D eigenvalue weighted by Crippen LogP contribution is 2.23. The average Bonchev–Trinajstić information content (AvgIpc) is 1.27. The zero-order chi connectivity index (χ0) is 5.86. The maximum Gasteiger partial charge on any atom is -0.0109 e. The molecule has 4 heteroatoms. The Morgan fingerprint density at radius 2 is 1.14 bits per heavy atom. The van der Waals surface area contributed by atoms with E-state index >= 15 is 0 Å². The van der Waals surface area contributed by atoms with Crippen molar-refractivity contribution in [2.45, 2.75) is 17.2 Å². The number of hydrogen-bond acceptors (Lipinski definition) is 0. The monoisotopic (exact) mass is 172 g/mol. The Hall–Kier alpha value is 1.72. The topological polar surface area (TPSA) is 0 Å². The number of hydrogen-bond donors (Lipinski definition) is 0. The standard InChI is InChI=1S/C3H12P4/c4-2(5)1-3(6)7/h2-3H,1,4-7H2. The molecule has 0 aliphatic heterocycles. The quantitative estimate of drug-likeness (QED) is 0.554. The van der Waals surface area contributed by atoms with Crippen molar-refractivity contribution < 1.29 is 0 Å². The highest BCUT2D eigenvalue weighted by atomic mass is 31.1. The molecule has 0 nitrogen and oxygen atoms in total. The van der Waals surface area contributed by atoms with Gasteiger partial charge < -0.3 is 0 Å². The lowest BCUT2D eigenvalue weighted by Crippen LogP contribution is -1.90. The van der Waals surface area contributed by atoms with E-state index in [0.29, 0.717) is 10.8 Å². The van der Waals surface area contributed by atoms with Crippen LogP contribution in [0.5, 0.6) is 0 Å². The van der Waals surface area contributed by atoms with Gasteiger partial charge >= 0.3 is 0 Å². The van der Waals surface area contributed by atoms with Crippen LogP contribution in [-0.4, -0.2) is 10.8 Å². The summed E-state index contributed by atoms with van der Waals surface area (Å²) >= 11 is 0. The van der Waals surface area contributed by atoms with Crippen LogP contribution in [0.15, 0.2) is 0 Å². The van der Waals surface area contributed by atoms with Crippen LogP contribution in [0.25, 0.3) is 0 Å². The zero-order valence-corrected chi connectivity index (χ0v) is 8.79. The van der Waals surface area contributed by atoms with Crippen molar-refractivity contribution in [3.63, 3.8) is 0 Å². The Bertz CT molecular complexity index is 36.2. The maximum atomic E-state index is 2.74. The fourth-order valence-electron chi connectivity index (χ4n) is 0.314. The van der Waals surface area contributed by atoms with E-state index in [-0.39, 0.29) is 0 Å². The summed E-state index contributed by atoms with van der Waals surface area (Å²) in [5, 5.41) is 1.33. The molecule has 0 N–H and O–H groups in total. The van der Waals surface area contributed by atoms with E-state index in [1.807, 2.05) is 0 Å². The second-order valence-corrected chi connectivity index (χ2v) is 6.53. The van der Waals surface area contributed by atoms with Crippen molar-refractivity contribution >= 4 is 37.0 Å². The van der Waals surface area contributed by atoms with E-state index < -0.39 is 0 Å². The predicted molar refractivity (Wildman–Crippen MR) is 51.0 cm³/mol. The van der Waals surface area contributed by atoms with Gasteiger partial charge in [0.05, 0.1) is 0 Å². The lowest BCUT2D eigenvalue weighted by molar-refractivity contribution is 1.03. The first kappa shape index (κ1) is 8.72. The molecule has 44 valence electrons. The minimum absolute atomic E-state index is 0.667. The van der Waals surface area contributed by atoms with E-state index in [9.17, 15) is 0 Å². The molecule has 0 radical (unpaired) electrons. The molecular formula is C3H12P4. The van der Waals surface area contributed by atoms with Crippen molar-refractivity contribution in [2.75, 3.05) is 0 Å². The molecule has 0 aromatic heterocycles. The molecule has 0 spiro atoms. The third-order valence-electron chi connectivity index (χ3n) is 0.544. The van der Waals surface area contributed by atoms with Crippen LogP contribution < -0.4 is 0 Å². The van der Waals surface area contributed by atoms with Crippen LogP contribution >= 0.6 is 37.0 Å². The largest absolute Gasteiger partial charge is 0.130 e. The lowest BCUT2D eigenvalue weighted by Gasteiger charge is -2.05. The van der Waals surface area contributed by atoms with Gasteiger partial charge in [-0.15, -0.1) is 37.0 Å². The predicted octanol–water partition coefficient (Wildman–Crippen LogP) is 1.53. The summed E-state index contributed by atoms with van der Waals surface area (Å²) in [6.45, 7) is 0. The van der Waals surface area contributed by atoms with E-state index in [1.165, 1.54) is 6.42 Å². The van der Waals surface area contributed by atoms with Gasteiger partial charge in [0, 0.05) is 0 Å². The van der Waals surface area contributed by atoms with Crippen LogP contribution in [-0.2, 0) is 0 Å². The summed E-state index contributed by atoms with van der Waals surface area (Å²) < 4.78 is 0. The molecule has 0 saturated carbocycles. The van der Waals surface area contributed by atoms with Crippen molar-refractivity contribution in [2.24, 2.45) is 0 Å². The van der Waals surface area contributed by atoms with E-state index in [4.69, 9.17) is 0 Å². The lowest BCUT2D eigenvalue weighted by atomic mass is 10.5. The van der Waals surface area contributed by atoms with Gasteiger partial charge in [0.15, 0.2) is 0 Å². The molecule has 0 aliphatic carbocycles. The summed E-state index contributed by atoms with van der Waals surface area (Å²) in [5.41, 5.74) is 0. The molecule has 0 aromatic carbocycles. The molecule has 0 amide bonds. The first-order valence-corrected chi connectivity index (χ1v) is 4.82. The summed E-state index contributed by atoms with van der Waals surface area (Å²) in [4.78, 5) is 0. The van der Waals surface area contributed by atoms with Crippen LogP contribution in [0.4, 0.5) is 0 Å². The van der Waals surface area contributed by atoms with Crippen LogP contribution in [0.1, 0.15) is 6.42 Å². The van der Waals surface area contributed by atoms with Gasteiger partial charge in [0.25, 0.3) is 0 Å². The highest BCUT2D eigenvalue weighted by molar-refractivity contribution is 7.39. The molecule has 0 heterocycles. The van der Waals surface area contributed by atoms with E-state index in [2.05, 4.69) is 37.0 Å². The molecule has 0 aliphatic rings. The summed E-state index contributed by atoms with van der Waals surface area (Å²) in [7, 11) is 11.0. The summed E-state index contributed by atoms with van der Waals surface area (Å²) in [6, 6.07) is 0. The van der Waals surface area contributed by atoms with E-state index in [0.717, 1.165) is 0 Å². The second-order valence-electron chi connectivity index (χ2n) is 1.56. The van der Waals surface area contributed by atoms with Crippen LogP contribution in [0, 0.1) is 0 Å². The van der Waals surface area contributed by atoms with Crippen LogP contribution in [0.2, 0.25) is 0 Å². The summed E-state index contributed by atoms with van der Waals surface area (Å²) in [6.07, 6.45) is 1.21. The van der Waals surface area contributed by atoms with Crippen molar-refractivity contribution in [1.82, 2.24) is 0 Å². The molecule has 4 atom stereocenters. The average molecular weight is 172 g/mol. The SMILES string of the molecule is PC(P)CC(P)P. The molecule has 0 bridgehead atoms. The van der Waals surface area contributed by atoms with Crippen molar-refractivity contribution in [1.29, 1.82) is 0 Å². The summed E-state index contributed by atoms with van der Waals surface area (Å²) in [5.74, 6) is 0. The fraction of sp³-hybridized carbons (Fsp3) is 1.00. The first-order chi connectivity index (χ1) is 3.13. The van der Waals surface area contributed by atoms with Crippen molar-refractivity contribution in [3.8, 4) is 0 Å². The molecule has 0 saturated heterocycles. The van der Waals surface area contributed by atoms with Crippen molar-refractivity contribution in [3.05, 3.63) is 0 Å². The zero-order valence-electron chi connectivity index (χ0n) is 4.17. The third-order valence-corrected chi connectivity index (χ3v) is 1.63. The van der Waals surface area contributed by atoms with Gasteiger partial charge in [0.1, 0.15) is 0 Å². The molecule has 7 heavy (non-hydrogen) atoms.